The summed E-state index contributed by atoms with van der Waals surface area (Å²) in [5.74, 6) is -1.16. The van der Waals surface area contributed by atoms with E-state index in [1.165, 1.54) is 13.2 Å². The maximum absolute atomic E-state index is 13.9. The number of rotatable bonds is 3. The molecule has 0 saturated heterocycles. The molecule has 0 fully saturated rings. The van der Waals surface area contributed by atoms with Gasteiger partial charge in [0.05, 0.1) is 24.0 Å². The van der Waals surface area contributed by atoms with Gasteiger partial charge in [0.2, 0.25) is 0 Å². The third kappa shape index (κ3) is 2.91. The number of methoxy groups -OCH3 is 1. The summed E-state index contributed by atoms with van der Waals surface area (Å²) in [7, 11) is 1.24. The molecule has 0 radical (unpaired) electrons. The summed E-state index contributed by atoms with van der Waals surface area (Å²) >= 11 is 3.35. The van der Waals surface area contributed by atoms with Gasteiger partial charge in [-0.2, -0.15) is 0 Å². The molecule has 0 aromatic heterocycles. The molecule has 3 N–H and O–H groups in total. The Morgan fingerprint density at radius 1 is 1.30 bits per heavy atom. The first-order valence-electron chi connectivity index (χ1n) is 5.72. The monoisotopic (exact) mass is 338 g/mol. The van der Waals surface area contributed by atoms with Crippen LogP contribution in [-0.2, 0) is 4.74 Å². The summed E-state index contributed by atoms with van der Waals surface area (Å²) in [6, 6.07) is 9.66. The highest BCUT2D eigenvalue weighted by Crippen LogP contribution is 2.29. The molecule has 0 amide bonds. The number of nitrogens with one attached hydrogen (secondary N) is 1. The van der Waals surface area contributed by atoms with Crippen molar-refractivity contribution >= 4 is 39.0 Å². The molecule has 2 rings (SSSR count). The van der Waals surface area contributed by atoms with E-state index in [9.17, 15) is 9.18 Å². The van der Waals surface area contributed by atoms with Crippen molar-refractivity contribution in [2.45, 2.75) is 0 Å². The Labute approximate surface area is 123 Å². The lowest BCUT2D eigenvalue weighted by molar-refractivity contribution is 0.0602. The minimum Gasteiger partial charge on any atom is -0.465 e. The van der Waals surface area contributed by atoms with Crippen LogP contribution in [0.2, 0.25) is 0 Å². The Kier molecular flexibility index (Phi) is 4.24. The maximum atomic E-state index is 13.9. The molecular formula is C14H12BrFN2O2. The molecule has 20 heavy (non-hydrogen) atoms. The number of carbonyl (C=O) groups excluding carboxylic acids is 1. The Hall–Kier alpha value is -2.08. The first-order chi connectivity index (χ1) is 9.52. The normalized spacial score (nSPS) is 10.2. The second kappa shape index (κ2) is 5.92. The molecule has 0 unspecified atom stereocenters. The Morgan fingerprint density at radius 3 is 2.65 bits per heavy atom. The van der Waals surface area contributed by atoms with Crippen LogP contribution < -0.4 is 11.1 Å². The van der Waals surface area contributed by atoms with Crippen LogP contribution in [0.1, 0.15) is 10.4 Å². The van der Waals surface area contributed by atoms with Crippen molar-refractivity contribution in [1.82, 2.24) is 0 Å². The van der Waals surface area contributed by atoms with Crippen LogP contribution in [0.5, 0.6) is 0 Å². The highest BCUT2D eigenvalue weighted by atomic mass is 79.9. The number of anilines is 3. The molecule has 104 valence electrons. The molecule has 0 aliphatic rings. The molecule has 0 bridgehead atoms. The summed E-state index contributed by atoms with van der Waals surface area (Å²) in [4.78, 5) is 11.6. The summed E-state index contributed by atoms with van der Waals surface area (Å²) in [6.45, 7) is 0. The maximum Gasteiger partial charge on any atom is 0.340 e. The summed E-state index contributed by atoms with van der Waals surface area (Å²) < 4.78 is 19.3. The van der Waals surface area contributed by atoms with Crippen LogP contribution in [0.4, 0.5) is 21.5 Å². The number of benzene rings is 2. The van der Waals surface area contributed by atoms with Gasteiger partial charge in [-0.15, -0.1) is 0 Å². The number of halogens is 2. The van der Waals surface area contributed by atoms with Gasteiger partial charge in [-0.25, -0.2) is 9.18 Å². The van der Waals surface area contributed by atoms with Crippen molar-refractivity contribution in [1.29, 1.82) is 0 Å². The van der Waals surface area contributed by atoms with Crippen molar-refractivity contribution in [3.8, 4) is 0 Å². The average molecular weight is 339 g/mol. The molecule has 0 heterocycles. The highest BCUT2D eigenvalue weighted by molar-refractivity contribution is 9.10. The number of ether oxygens (including phenoxy) is 1. The molecule has 0 atom stereocenters. The molecule has 6 heteroatoms. The van der Waals surface area contributed by atoms with Crippen LogP contribution in [0, 0.1) is 5.82 Å². The molecule has 0 saturated carbocycles. The van der Waals surface area contributed by atoms with Crippen LogP contribution in [0.25, 0.3) is 0 Å². The van der Waals surface area contributed by atoms with Crippen molar-refractivity contribution in [2.75, 3.05) is 18.2 Å². The average Bonchev–Trinajstić information content (AvgIpc) is 2.43. The van der Waals surface area contributed by atoms with Crippen molar-refractivity contribution < 1.29 is 13.9 Å². The van der Waals surface area contributed by atoms with Gasteiger partial charge >= 0.3 is 5.97 Å². The van der Waals surface area contributed by atoms with E-state index < -0.39 is 11.8 Å². The molecule has 0 aliphatic heterocycles. The van der Waals surface area contributed by atoms with Gasteiger partial charge in [0.1, 0.15) is 5.82 Å². The van der Waals surface area contributed by atoms with Gasteiger partial charge in [0.25, 0.3) is 0 Å². The minimum atomic E-state index is -0.613. The SMILES string of the molecule is COC(=O)c1cc(Nc2ccccc2Br)c(F)cc1N. The summed E-state index contributed by atoms with van der Waals surface area (Å²) in [5, 5.41) is 2.90. The third-order valence-electron chi connectivity index (χ3n) is 2.69. The van der Waals surface area contributed by atoms with Gasteiger partial charge in [0.15, 0.2) is 0 Å². The molecule has 4 nitrogen and oxygen atoms in total. The lowest BCUT2D eigenvalue weighted by Crippen LogP contribution is -2.07. The number of nitrogen functional groups attached to an aromatic ring is 1. The van der Waals surface area contributed by atoms with Crippen LogP contribution in [0.3, 0.4) is 0 Å². The topological polar surface area (TPSA) is 64.3 Å². The Morgan fingerprint density at radius 2 is 2.00 bits per heavy atom. The number of esters is 1. The van der Waals surface area contributed by atoms with E-state index in [1.54, 1.807) is 6.07 Å². The van der Waals surface area contributed by atoms with Gasteiger partial charge < -0.3 is 15.8 Å². The zero-order valence-electron chi connectivity index (χ0n) is 10.6. The van der Waals surface area contributed by atoms with Crippen molar-refractivity contribution in [3.05, 3.63) is 52.3 Å². The van der Waals surface area contributed by atoms with E-state index in [0.717, 1.165) is 10.5 Å². The fourth-order valence-corrected chi connectivity index (χ4v) is 2.06. The first kappa shape index (κ1) is 14.3. The minimum absolute atomic E-state index is 0.0343. The van der Waals surface area contributed by atoms with Gasteiger partial charge in [0, 0.05) is 10.2 Å². The number of hydrogen-bond acceptors (Lipinski definition) is 4. The van der Waals surface area contributed by atoms with E-state index in [-0.39, 0.29) is 16.9 Å². The van der Waals surface area contributed by atoms with Crippen LogP contribution in [-0.4, -0.2) is 13.1 Å². The Bertz CT molecular complexity index is 662. The van der Waals surface area contributed by atoms with E-state index in [2.05, 4.69) is 26.0 Å². The number of hydrogen-bond donors (Lipinski definition) is 2. The second-order valence-electron chi connectivity index (χ2n) is 4.02. The van der Waals surface area contributed by atoms with Crippen molar-refractivity contribution in [3.63, 3.8) is 0 Å². The molecule has 0 spiro atoms. The van der Waals surface area contributed by atoms with E-state index >= 15 is 0 Å². The molecule has 2 aromatic rings. The Balaban J connectivity index is 2.42. The number of carbonyl (C=O) groups is 1. The number of nitrogens with two attached hydrogens (primary N) is 1. The first-order valence-corrected chi connectivity index (χ1v) is 6.51. The molecular weight excluding hydrogens is 327 g/mol. The van der Waals surface area contributed by atoms with E-state index in [4.69, 9.17) is 5.73 Å². The van der Waals surface area contributed by atoms with E-state index in [1.807, 2.05) is 18.2 Å². The van der Waals surface area contributed by atoms with Gasteiger partial charge in [-0.1, -0.05) is 12.1 Å². The largest absolute Gasteiger partial charge is 0.465 e. The molecule has 2 aromatic carbocycles. The van der Waals surface area contributed by atoms with Crippen LogP contribution in [0.15, 0.2) is 40.9 Å². The zero-order valence-corrected chi connectivity index (χ0v) is 12.2. The second-order valence-corrected chi connectivity index (χ2v) is 4.87. The molecule has 0 aliphatic carbocycles. The summed E-state index contributed by atoms with van der Waals surface area (Å²) in [5.41, 5.74) is 6.58. The van der Waals surface area contributed by atoms with Crippen LogP contribution >= 0.6 is 15.9 Å². The van der Waals surface area contributed by atoms with Crippen molar-refractivity contribution in [2.24, 2.45) is 0 Å². The predicted octanol–water partition coefficient (Wildman–Crippen LogP) is 3.70. The van der Waals surface area contributed by atoms with Gasteiger partial charge in [-0.3, -0.25) is 0 Å². The lowest BCUT2D eigenvalue weighted by Gasteiger charge is -2.12. The van der Waals surface area contributed by atoms with E-state index in [0.29, 0.717) is 5.69 Å². The van der Waals surface area contributed by atoms with Gasteiger partial charge in [-0.05, 0) is 40.2 Å². The fourth-order valence-electron chi connectivity index (χ4n) is 1.68. The zero-order chi connectivity index (χ0) is 14.7. The predicted molar refractivity (Wildman–Crippen MR) is 79.6 cm³/mol. The quantitative estimate of drug-likeness (QED) is 0.661. The standard InChI is InChI=1S/C14H12BrFN2O2/c1-20-14(19)8-6-13(10(16)7-11(8)17)18-12-5-3-2-4-9(12)15/h2-7,18H,17H2,1H3. The third-order valence-corrected chi connectivity index (χ3v) is 3.38. The number of para-hydroxylation sites is 1. The smallest absolute Gasteiger partial charge is 0.340 e. The fraction of sp³-hybridized carbons (Fsp3) is 0.0714. The summed E-state index contributed by atoms with van der Waals surface area (Å²) in [6.07, 6.45) is 0. The lowest BCUT2D eigenvalue weighted by atomic mass is 10.1. The highest BCUT2D eigenvalue weighted by Gasteiger charge is 2.15.